The number of carboxylic acids is 1. The van der Waals surface area contributed by atoms with E-state index in [9.17, 15) is 14.7 Å². The summed E-state index contributed by atoms with van der Waals surface area (Å²) in [5.74, 6) is -1.20. The van der Waals surface area contributed by atoms with Crippen molar-refractivity contribution in [1.82, 2.24) is 9.80 Å². The summed E-state index contributed by atoms with van der Waals surface area (Å²) in [6.07, 6.45) is -0.0354. The van der Waals surface area contributed by atoms with Gasteiger partial charge in [-0.2, -0.15) is 0 Å². The van der Waals surface area contributed by atoms with Crippen LogP contribution in [0, 0.1) is 13.8 Å². The summed E-state index contributed by atoms with van der Waals surface area (Å²) in [5.41, 5.74) is 2.84. The van der Waals surface area contributed by atoms with Crippen LogP contribution in [0.15, 0.2) is 18.2 Å². The van der Waals surface area contributed by atoms with Gasteiger partial charge in [0, 0.05) is 31.9 Å². The summed E-state index contributed by atoms with van der Waals surface area (Å²) in [6.45, 7) is 6.91. The van der Waals surface area contributed by atoms with Gasteiger partial charge in [0.15, 0.2) is 0 Å². The zero-order valence-corrected chi connectivity index (χ0v) is 14.0. The van der Waals surface area contributed by atoms with E-state index in [1.165, 1.54) is 0 Å². The Balaban J connectivity index is 1.99. The molecule has 0 bridgehead atoms. The van der Waals surface area contributed by atoms with Crippen LogP contribution in [-0.4, -0.2) is 66.1 Å². The van der Waals surface area contributed by atoms with Crippen molar-refractivity contribution in [3.05, 3.63) is 29.3 Å². The third-order valence-electron chi connectivity index (χ3n) is 4.30. The number of aliphatic carboxylic acids is 1. The number of carbonyl (C=O) groups is 2. The minimum Gasteiger partial charge on any atom is -0.480 e. The lowest BCUT2D eigenvalue weighted by molar-refractivity contribution is -0.145. The lowest BCUT2D eigenvalue weighted by atomic mass is 10.1. The highest BCUT2D eigenvalue weighted by Crippen LogP contribution is 2.17. The van der Waals surface area contributed by atoms with Gasteiger partial charge in [-0.1, -0.05) is 17.7 Å². The predicted molar refractivity (Wildman–Crippen MR) is 89.7 cm³/mol. The van der Waals surface area contributed by atoms with Crippen molar-refractivity contribution < 1.29 is 14.7 Å². The molecule has 1 saturated heterocycles. The van der Waals surface area contributed by atoms with Crippen molar-refractivity contribution >= 4 is 17.6 Å². The molecule has 126 valence electrons. The van der Waals surface area contributed by atoms with Crippen LogP contribution < -0.4 is 5.32 Å². The molecule has 1 amide bonds. The van der Waals surface area contributed by atoms with E-state index in [-0.39, 0.29) is 12.3 Å². The van der Waals surface area contributed by atoms with E-state index in [1.807, 2.05) is 44.0 Å². The average molecular weight is 319 g/mol. The first-order valence-electron chi connectivity index (χ1n) is 7.89. The van der Waals surface area contributed by atoms with Crippen LogP contribution in [0.5, 0.6) is 0 Å². The number of carboxylic acid groups (broad SMARTS) is 1. The largest absolute Gasteiger partial charge is 0.480 e. The number of anilines is 1. The monoisotopic (exact) mass is 319 g/mol. The van der Waals surface area contributed by atoms with E-state index >= 15 is 0 Å². The van der Waals surface area contributed by atoms with Gasteiger partial charge < -0.3 is 15.3 Å². The average Bonchev–Trinajstić information content (AvgIpc) is 2.48. The van der Waals surface area contributed by atoms with Crippen LogP contribution in [0.3, 0.4) is 0 Å². The molecule has 1 fully saturated rings. The van der Waals surface area contributed by atoms with Gasteiger partial charge in [0.05, 0.1) is 6.42 Å². The molecule has 0 aliphatic carbocycles. The zero-order chi connectivity index (χ0) is 17.0. The van der Waals surface area contributed by atoms with Gasteiger partial charge in [-0.3, -0.25) is 14.5 Å². The smallest absolute Gasteiger partial charge is 0.321 e. The summed E-state index contributed by atoms with van der Waals surface area (Å²) in [6, 6.07) is 5.01. The van der Waals surface area contributed by atoms with Crippen molar-refractivity contribution in [2.75, 3.05) is 38.5 Å². The highest BCUT2D eigenvalue weighted by atomic mass is 16.4. The third-order valence-corrected chi connectivity index (χ3v) is 4.30. The molecule has 1 atom stereocenters. The Bertz CT molecular complexity index is 580. The van der Waals surface area contributed by atoms with Crippen LogP contribution in [0.25, 0.3) is 0 Å². The Morgan fingerprint density at radius 3 is 2.43 bits per heavy atom. The molecule has 23 heavy (non-hydrogen) atoms. The van der Waals surface area contributed by atoms with Crippen LogP contribution in [-0.2, 0) is 9.59 Å². The fourth-order valence-electron chi connectivity index (χ4n) is 2.84. The Morgan fingerprint density at radius 1 is 1.22 bits per heavy atom. The van der Waals surface area contributed by atoms with Crippen molar-refractivity contribution in [2.45, 2.75) is 26.3 Å². The van der Waals surface area contributed by atoms with Crippen LogP contribution in [0.4, 0.5) is 5.69 Å². The molecule has 0 radical (unpaired) electrons. The molecule has 1 aromatic carbocycles. The molecule has 0 saturated carbocycles. The number of carbonyl (C=O) groups excluding carboxylic acids is 1. The number of likely N-dealkylation sites (N-methyl/N-ethyl adjacent to an activating group) is 1. The fourth-order valence-corrected chi connectivity index (χ4v) is 2.84. The van der Waals surface area contributed by atoms with Gasteiger partial charge in [-0.15, -0.1) is 0 Å². The number of hydrogen-bond acceptors (Lipinski definition) is 4. The molecular weight excluding hydrogens is 294 g/mol. The number of rotatable bonds is 5. The van der Waals surface area contributed by atoms with Gasteiger partial charge in [0.25, 0.3) is 0 Å². The Morgan fingerprint density at radius 2 is 1.87 bits per heavy atom. The quantitative estimate of drug-likeness (QED) is 0.857. The Labute approximate surface area is 137 Å². The number of nitrogens with zero attached hydrogens (tertiary/aromatic N) is 2. The number of nitrogens with one attached hydrogen (secondary N) is 1. The standard InChI is InChI=1S/C17H25N3O3/c1-12-4-5-14(13(2)10-12)18-16(21)11-15(17(22)23)20-8-6-19(3)7-9-20/h4-5,10,15H,6-9,11H2,1-3H3,(H,18,21)(H,22,23). The predicted octanol–water partition coefficient (Wildman–Crippen LogP) is 1.33. The van der Waals surface area contributed by atoms with Gasteiger partial charge in [-0.25, -0.2) is 0 Å². The topological polar surface area (TPSA) is 72.9 Å². The molecule has 1 heterocycles. The summed E-state index contributed by atoms with van der Waals surface area (Å²) in [7, 11) is 2.01. The van der Waals surface area contributed by atoms with E-state index in [1.54, 1.807) is 0 Å². The van der Waals surface area contributed by atoms with Crippen LogP contribution >= 0.6 is 0 Å². The maximum atomic E-state index is 12.3. The minimum absolute atomic E-state index is 0.0354. The van der Waals surface area contributed by atoms with Crippen LogP contribution in [0.2, 0.25) is 0 Å². The Hall–Kier alpha value is -1.92. The highest BCUT2D eigenvalue weighted by molar-refractivity contribution is 5.94. The molecule has 2 rings (SSSR count). The first-order valence-corrected chi connectivity index (χ1v) is 7.89. The molecule has 2 N–H and O–H groups in total. The summed E-state index contributed by atoms with van der Waals surface area (Å²) < 4.78 is 0. The molecular formula is C17H25N3O3. The van der Waals surface area contributed by atoms with E-state index in [0.29, 0.717) is 13.1 Å². The number of piperazine rings is 1. The molecule has 0 spiro atoms. The van der Waals surface area contributed by atoms with Crippen molar-refractivity contribution in [3.8, 4) is 0 Å². The normalized spacial score (nSPS) is 17.7. The van der Waals surface area contributed by atoms with Crippen molar-refractivity contribution in [2.24, 2.45) is 0 Å². The first kappa shape index (κ1) is 17.4. The van der Waals surface area contributed by atoms with Gasteiger partial charge in [0.2, 0.25) is 5.91 Å². The summed E-state index contributed by atoms with van der Waals surface area (Å²) >= 11 is 0. The molecule has 1 unspecified atom stereocenters. The summed E-state index contributed by atoms with van der Waals surface area (Å²) in [5, 5.41) is 12.3. The SMILES string of the molecule is Cc1ccc(NC(=O)CC(C(=O)O)N2CCN(C)CC2)c(C)c1. The van der Waals surface area contributed by atoms with E-state index < -0.39 is 12.0 Å². The van der Waals surface area contributed by atoms with Crippen LogP contribution in [0.1, 0.15) is 17.5 Å². The highest BCUT2D eigenvalue weighted by Gasteiger charge is 2.30. The number of aryl methyl sites for hydroxylation is 2. The second-order valence-electron chi connectivity index (χ2n) is 6.26. The number of hydrogen-bond donors (Lipinski definition) is 2. The molecule has 1 aromatic rings. The lowest BCUT2D eigenvalue weighted by Crippen LogP contribution is -2.52. The number of amides is 1. The molecule has 6 heteroatoms. The molecule has 6 nitrogen and oxygen atoms in total. The van der Waals surface area contributed by atoms with E-state index in [2.05, 4.69) is 10.2 Å². The lowest BCUT2D eigenvalue weighted by Gasteiger charge is -2.35. The summed E-state index contributed by atoms with van der Waals surface area (Å²) in [4.78, 5) is 27.8. The number of benzene rings is 1. The van der Waals surface area contributed by atoms with E-state index in [0.717, 1.165) is 29.9 Å². The molecule has 1 aliphatic heterocycles. The Kier molecular flexibility index (Phi) is 5.74. The fraction of sp³-hybridized carbons (Fsp3) is 0.529. The second-order valence-corrected chi connectivity index (χ2v) is 6.26. The third kappa shape index (κ3) is 4.77. The van der Waals surface area contributed by atoms with Gasteiger partial charge in [0.1, 0.15) is 6.04 Å². The molecule has 1 aliphatic rings. The second kappa shape index (κ2) is 7.57. The first-order chi connectivity index (χ1) is 10.9. The minimum atomic E-state index is -0.940. The van der Waals surface area contributed by atoms with E-state index in [4.69, 9.17) is 0 Å². The molecule has 0 aromatic heterocycles. The zero-order valence-electron chi connectivity index (χ0n) is 14.0. The van der Waals surface area contributed by atoms with Crippen molar-refractivity contribution in [3.63, 3.8) is 0 Å². The maximum Gasteiger partial charge on any atom is 0.321 e. The van der Waals surface area contributed by atoms with Gasteiger partial charge in [-0.05, 0) is 32.5 Å². The van der Waals surface area contributed by atoms with Crippen molar-refractivity contribution in [1.29, 1.82) is 0 Å². The maximum absolute atomic E-state index is 12.3. The van der Waals surface area contributed by atoms with Gasteiger partial charge >= 0.3 is 5.97 Å².